The largest absolute Gasteiger partial charge is 0.565 e. The lowest BCUT2D eigenvalue weighted by atomic mass is 10.1. The van der Waals surface area contributed by atoms with Gasteiger partial charge in [0, 0.05) is 0 Å². The molecule has 0 unspecified atom stereocenters. The normalized spacial score (nSPS) is 11.8. The summed E-state index contributed by atoms with van der Waals surface area (Å²) in [6, 6.07) is 0. The van der Waals surface area contributed by atoms with Crippen molar-refractivity contribution >= 4 is 6.16 Å². The third-order valence-electron chi connectivity index (χ3n) is 8.55. The van der Waals surface area contributed by atoms with Crippen molar-refractivity contribution in [2.24, 2.45) is 0 Å². The summed E-state index contributed by atoms with van der Waals surface area (Å²) < 4.78 is 1.23. The van der Waals surface area contributed by atoms with Gasteiger partial charge in [-0.15, -0.1) is 0 Å². The second-order valence-electron chi connectivity index (χ2n) is 13.5. The standard InChI is InChI=1S/C38H76N.CH2O3/c1-5-7-9-11-13-15-17-19-21-23-25-27-29-31-33-35-37-39(3,4)38-36-34-32-30-28-26-24-22-20-18-16-14-12-10-8-6-2;2-1(3)4/h19-22H,5-18,23-38H2,1-4H3;(H2,2,3,4)/q+1;/p-1/b21-19-,22-20-;. The SMILES string of the molecule is CCCCCCCC/C=C\CCCCCCCC[N+](C)(C)CCCCCCCC/C=C\CCCCCCCC.O=C([O-])O. The van der Waals surface area contributed by atoms with Gasteiger partial charge in [-0.3, -0.25) is 0 Å². The quantitative estimate of drug-likeness (QED) is 0.0470. The van der Waals surface area contributed by atoms with Gasteiger partial charge in [0.05, 0.1) is 27.2 Å². The number of quaternary nitrogens is 1. The first kappa shape index (κ1) is 43.8. The molecule has 0 spiro atoms. The highest BCUT2D eigenvalue weighted by atomic mass is 16.6. The van der Waals surface area contributed by atoms with Crippen LogP contribution >= 0.6 is 0 Å². The van der Waals surface area contributed by atoms with Crippen molar-refractivity contribution in [3.05, 3.63) is 24.3 Å². The van der Waals surface area contributed by atoms with E-state index >= 15 is 0 Å². The van der Waals surface area contributed by atoms with Crippen molar-refractivity contribution in [2.45, 2.75) is 194 Å². The summed E-state index contributed by atoms with van der Waals surface area (Å²) in [4.78, 5) is 8.44. The van der Waals surface area contributed by atoms with Crippen molar-refractivity contribution in [3.8, 4) is 0 Å². The van der Waals surface area contributed by atoms with Gasteiger partial charge in [0.25, 0.3) is 0 Å². The van der Waals surface area contributed by atoms with Gasteiger partial charge in [-0.05, 0) is 77.0 Å². The van der Waals surface area contributed by atoms with Crippen LogP contribution in [0.25, 0.3) is 0 Å². The fourth-order valence-corrected chi connectivity index (χ4v) is 5.69. The average Bonchev–Trinajstić information content (AvgIpc) is 2.96. The maximum atomic E-state index is 8.44. The zero-order chi connectivity index (χ0) is 32.1. The van der Waals surface area contributed by atoms with Gasteiger partial charge in [-0.25, -0.2) is 0 Å². The Kier molecular flexibility index (Phi) is 37.6. The van der Waals surface area contributed by atoms with Gasteiger partial charge in [0.2, 0.25) is 6.16 Å². The van der Waals surface area contributed by atoms with E-state index in [1.165, 1.54) is 197 Å². The maximum absolute atomic E-state index is 8.44. The molecule has 0 heterocycles. The Morgan fingerprint density at radius 3 is 0.930 bits per heavy atom. The lowest BCUT2D eigenvalue weighted by molar-refractivity contribution is -0.890. The second-order valence-corrected chi connectivity index (χ2v) is 13.5. The summed E-state index contributed by atoms with van der Waals surface area (Å²) in [6.45, 7) is 7.33. The van der Waals surface area contributed by atoms with Gasteiger partial charge < -0.3 is 19.5 Å². The van der Waals surface area contributed by atoms with Gasteiger partial charge in [-0.2, -0.15) is 0 Å². The molecule has 256 valence electrons. The predicted molar refractivity (Wildman–Crippen MR) is 189 cm³/mol. The highest BCUT2D eigenvalue weighted by Gasteiger charge is 2.13. The third kappa shape index (κ3) is 45.3. The van der Waals surface area contributed by atoms with E-state index in [1.54, 1.807) is 0 Å². The van der Waals surface area contributed by atoms with E-state index in [9.17, 15) is 0 Å². The van der Waals surface area contributed by atoms with E-state index in [4.69, 9.17) is 15.0 Å². The first-order valence-corrected chi connectivity index (χ1v) is 18.9. The first-order chi connectivity index (χ1) is 20.9. The van der Waals surface area contributed by atoms with E-state index in [1.807, 2.05) is 0 Å². The Morgan fingerprint density at radius 2 is 0.674 bits per heavy atom. The molecule has 0 aromatic carbocycles. The molecule has 0 rings (SSSR count). The van der Waals surface area contributed by atoms with Crippen molar-refractivity contribution in [2.75, 3.05) is 27.2 Å². The fourth-order valence-electron chi connectivity index (χ4n) is 5.69. The topological polar surface area (TPSA) is 60.4 Å². The summed E-state index contributed by atoms with van der Waals surface area (Å²) >= 11 is 0. The molecule has 4 heteroatoms. The lowest BCUT2D eigenvalue weighted by Crippen LogP contribution is -2.41. The molecule has 1 N–H and O–H groups in total. The van der Waals surface area contributed by atoms with Crippen molar-refractivity contribution in [1.82, 2.24) is 0 Å². The molecule has 43 heavy (non-hydrogen) atoms. The molecule has 0 bridgehead atoms. The summed E-state index contributed by atoms with van der Waals surface area (Å²) in [6.07, 6.45) is 47.0. The molecule has 0 aliphatic carbocycles. The molecule has 4 nitrogen and oxygen atoms in total. The molecular formula is C39H77NO3. The minimum Gasteiger partial charge on any atom is -0.565 e. The summed E-state index contributed by atoms with van der Waals surface area (Å²) in [5, 5.41) is 15.3. The van der Waals surface area contributed by atoms with E-state index in [0.29, 0.717) is 0 Å². The van der Waals surface area contributed by atoms with Crippen LogP contribution in [0.1, 0.15) is 194 Å². The number of hydrogen-bond acceptors (Lipinski definition) is 2. The smallest absolute Gasteiger partial charge is 0.249 e. The van der Waals surface area contributed by atoms with E-state index in [2.05, 4.69) is 52.2 Å². The predicted octanol–water partition coefficient (Wildman–Crippen LogP) is 12.0. The van der Waals surface area contributed by atoms with Crippen LogP contribution in [0.3, 0.4) is 0 Å². The van der Waals surface area contributed by atoms with Gasteiger partial charge in [0.1, 0.15) is 0 Å². The lowest BCUT2D eigenvalue weighted by Gasteiger charge is -2.30. The summed E-state index contributed by atoms with van der Waals surface area (Å²) in [7, 11) is 4.91. The minimum absolute atomic E-state index is 1.23. The monoisotopic (exact) mass is 608 g/mol. The highest BCUT2D eigenvalue weighted by molar-refractivity contribution is 5.50. The zero-order valence-electron chi connectivity index (χ0n) is 29.7. The van der Waals surface area contributed by atoms with E-state index in [0.717, 1.165) is 0 Å². The summed E-state index contributed by atoms with van der Waals surface area (Å²) in [5.74, 6) is 0. The second kappa shape index (κ2) is 36.9. The van der Waals surface area contributed by atoms with Crippen LogP contribution in [0.4, 0.5) is 4.79 Å². The number of hydrogen-bond donors (Lipinski definition) is 1. The number of carboxylic acid groups (broad SMARTS) is 2. The Labute approximate surface area is 270 Å². The maximum Gasteiger partial charge on any atom is 0.249 e. The molecule has 0 aromatic rings. The van der Waals surface area contributed by atoms with E-state index < -0.39 is 6.16 Å². The Morgan fingerprint density at radius 1 is 0.465 bits per heavy atom. The van der Waals surface area contributed by atoms with Gasteiger partial charge in [-0.1, -0.05) is 141 Å². The molecule has 0 aliphatic rings. The van der Waals surface area contributed by atoms with E-state index in [-0.39, 0.29) is 0 Å². The van der Waals surface area contributed by atoms with Crippen LogP contribution in [0, 0.1) is 0 Å². The van der Waals surface area contributed by atoms with Crippen LogP contribution in [-0.4, -0.2) is 42.9 Å². The molecule has 0 saturated heterocycles. The number of allylic oxidation sites excluding steroid dienone is 4. The van der Waals surface area contributed by atoms with Gasteiger partial charge >= 0.3 is 0 Å². The van der Waals surface area contributed by atoms with Gasteiger partial charge in [0.15, 0.2) is 0 Å². The van der Waals surface area contributed by atoms with Crippen molar-refractivity contribution < 1.29 is 19.5 Å². The highest BCUT2D eigenvalue weighted by Crippen LogP contribution is 2.14. The van der Waals surface area contributed by atoms with Crippen LogP contribution in [0.15, 0.2) is 24.3 Å². The molecule has 0 radical (unpaired) electrons. The number of carbonyl (C=O) groups is 1. The van der Waals surface area contributed by atoms with Crippen LogP contribution < -0.4 is 5.11 Å². The van der Waals surface area contributed by atoms with Crippen LogP contribution in [0.5, 0.6) is 0 Å². The third-order valence-corrected chi connectivity index (χ3v) is 8.55. The molecule has 0 fully saturated rings. The summed E-state index contributed by atoms with van der Waals surface area (Å²) in [5.41, 5.74) is 0. The molecular weight excluding hydrogens is 530 g/mol. The Balaban J connectivity index is 0. The zero-order valence-corrected chi connectivity index (χ0v) is 29.7. The average molecular weight is 608 g/mol. The van der Waals surface area contributed by atoms with Crippen molar-refractivity contribution in [1.29, 1.82) is 0 Å². The van der Waals surface area contributed by atoms with Crippen LogP contribution in [0.2, 0.25) is 0 Å². The first-order valence-electron chi connectivity index (χ1n) is 18.9. The fraction of sp³-hybridized carbons (Fsp3) is 0.872. The molecule has 0 amide bonds. The number of nitrogens with zero attached hydrogens (tertiary/aromatic N) is 1. The molecule has 0 saturated carbocycles. The molecule has 0 aliphatic heterocycles. The molecule has 0 atom stereocenters. The molecule has 0 aromatic heterocycles. The Hall–Kier alpha value is -1.29. The Bertz CT molecular complexity index is 551. The number of unbranched alkanes of at least 4 members (excludes halogenated alkanes) is 24. The van der Waals surface area contributed by atoms with Crippen LogP contribution in [-0.2, 0) is 0 Å². The van der Waals surface area contributed by atoms with Crippen molar-refractivity contribution in [3.63, 3.8) is 0 Å². The number of rotatable bonds is 32. The minimum atomic E-state index is -2.08.